The topological polar surface area (TPSA) is 77.5 Å². The second-order valence-corrected chi connectivity index (χ2v) is 7.85. The quantitative estimate of drug-likeness (QED) is 0.420. The Morgan fingerprint density at radius 1 is 1.24 bits per heavy atom. The van der Waals surface area contributed by atoms with Crippen molar-refractivity contribution in [2.45, 2.75) is 26.2 Å². The molecule has 0 saturated heterocycles. The van der Waals surface area contributed by atoms with Crippen LogP contribution in [0.2, 0.25) is 0 Å². The van der Waals surface area contributed by atoms with E-state index in [2.05, 4.69) is 15.2 Å². The van der Waals surface area contributed by atoms with Crippen LogP contribution in [0.15, 0.2) is 42.9 Å². The van der Waals surface area contributed by atoms with Crippen LogP contribution >= 0.6 is 0 Å². The maximum atomic E-state index is 14.1. The number of hydrogen-bond donors (Lipinski definition) is 0. The van der Waals surface area contributed by atoms with Crippen LogP contribution in [0.25, 0.3) is 16.8 Å². The van der Waals surface area contributed by atoms with Crippen LogP contribution in [0.5, 0.6) is 0 Å². The van der Waals surface area contributed by atoms with E-state index >= 15 is 0 Å². The summed E-state index contributed by atoms with van der Waals surface area (Å²) in [5, 5.41) is 8.73. The van der Waals surface area contributed by atoms with E-state index in [1.165, 1.54) is 10.7 Å². The van der Waals surface area contributed by atoms with Gasteiger partial charge in [0.25, 0.3) is 6.43 Å². The fourth-order valence-electron chi connectivity index (χ4n) is 4.23. The Bertz CT molecular complexity index is 1350. The predicted molar refractivity (Wildman–Crippen MR) is 118 cm³/mol. The number of carbonyl (C=O) groups is 1. The number of alkyl halides is 2. The number of benzene rings is 1. The van der Waals surface area contributed by atoms with E-state index in [0.717, 1.165) is 18.4 Å². The van der Waals surface area contributed by atoms with E-state index in [1.54, 1.807) is 49.2 Å². The molecular weight excluding hydrogens is 430 g/mol. The third kappa shape index (κ3) is 3.71. The van der Waals surface area contributed by atoms with Gasteiger partial charge in [0.05, 0.1) is 19.0 Å². The van der Waals surface area contributed by atoms with E-state index in [-0.39, 0.29) is 17.9 Å². The summed E-state index contributed by atoms with van der Waals surface area (Å²) >= 11 is 0. The van der Waals surface area contributed by atoms with E-state index < -0.39 is 12.4 Å². The van der Waals surface area contributed by atoms with Gasteiger partial charge in [-0.3, -0.25) is 4.68 Å². The molecule has 0 bridgehead atoms. The third-order valence-electron chi connectivity index (χ3n) is 5.73. The van der Waals surface area contributed by atoms with Crippen molar-refractivity contribution in [1.82, 2.24) is 24.4 Å². The second-order valence-electron chi connectivity index (χ2n) is 7.85. The lowest BCUT2D eigenvalue weighted by atomic mass is 9.93. The number of nitrogens with zero attached hydrogens (tertiary/aromatic N) is 6. The van der Waals surface area contributed by atoms with Gasteiger partial charge in [0, 0.05) is 36.6 Å². The highest BCUT2D eigenvalue weighted by molar-refractivity contribution is 5.88. The van der Waals surface area contributed by atoms with Crippen LogP contribution in [-0.4, -0.2) is 43.5 Å². The number of aryl methyl sites for hydroxylation is 2. The molecule has 3 aromatic heterocycles. The van der Waals surface area contributed by atoms with Gasteiger partial charge in [-0.05, 0) is 55.2 Å². The molecule has 8 nitrogen and oxygen atoms in total. The molecule has 0 spiro atoms. The number of imidazole rings is 1. The summed E-state index contributed by atoms with van der Waals surface area (Å²) in [5.41, 5.74) is 3.46. The molecule has 4 heterocycles. The van der Waals surface area contributed by atoms with Crippen LogP contribution in [-0.2, 0) is 18.2 Å². The van der Waals surface area contributed by atoms with Gasteiger partial charge in [-0.25, -0.2) is 23.1 Å². The highest BCUT2D eigenvalue weighted by atomic mass is 19.3. The number of anilines is 2. The van der Waals surface area contributed by atoms with Crippen molar-refractivity contribution < 1.29 is 18.3 Å². The Kier molecular flexibility index (Phi) is 5.27. The Morgan fingerprint density at radius 2 is 2.09 bits per heavy atom. The molecule has 170 valence electrons. The van der Waals surface area contributed by atoms with Crippen molar-refractivity contribution in [2.75, 3.05) is 18.1 Å². The maximum Gasteiger partial charge on any atom is 0.358 e. The van der Waals surface area contributed by atoms with Crippen molar-refractivity contribution >= 4 is 23.1 Å². The molecule has 10 heteroatoms. The van der Waals surface area contributed by atoms with Crippen molar-refractivity contribution in [3.05, 3.63) is 59.7 Å². The lowest BCUT2D eigenvalue weighted by molar-refractivity contribution is 0.0516. The zero-order chi connectivity index (χ0) is 23.1. The summed E-state index contributed by atoms with van der Waals surface area (Å²) in [4.78, 5) is 18.4. The van der Waals surface area contributed by atoms with Crippen LogP contribution in [0.4, 0.5) is 20.3 Å². The molecule has 0 atom stereocenters. The van der Waals surface area contributed by atoms with Gasteiger partial charge >= 0.3 is 5.97 Å². The zero-order valence-corrected chi connectivity index (χ0v) is 18.2. The van der Waals surface area contributed by atoms with Gasteiger partial charge in [0.1, 0.15) is 0 Å². The Balaban J connectivity index is 1.61. The molecule has 0 fully saturated rings. The van der Waals surface area contributed by atoms with Gasteiger partial charge in [-0.15, -0.1) is 5.10 Å². The summed E-state index contributed by atoms with van der Waals surface area (Å²) in [5.74, 6) is 0.0242. The minimum atomic E-state index is -2.64. The number of fused-ring (bicyclic) bond motifs is 2. The number of aromatic nitrogens is 5. The number of rotatable bonds is 5. The van der Waals surface area contributed by atoms with E-state index in [9.17, 15) is 13.6 Å². The lowest BCUT2D eigenvalue weighted by Gasteiger charge is -2.31. The molecular formula is C23H22F2N6O2. The van der Waals surface area contributed by atoms with Gasteiger partial charge in [0.2, 0.25) is 0 Å². The molecule has 5 rings (SSSR count). The van der Waals surface area contributed by atoms with Crippen molar-refractivity contribution in [2.24, 2.45) is 7.05 Å². The SMILES string of the molecule is CCOC(=O)c1cnc2ccc(N3CCCc4cc(-c5cnn(C)c5)c(C(F)F)cc43)nn12. The molecule has 0 aliphatic carbocycles. The molecule has 0 N–H and O–H groups in total. The van der Waals surface area contributed by atoms with Crippen molar-refractivity contribution in [1.29, 1.82) is 0 Å². The largest absolute Gasteiger partial charge is 0.461 e. The molecule has 0 saturated carbocycles. The molecule has 1 aromatic carbocycles. The first kappa shape index (κ1) is 21.0. The van der Waals surface area contributed by atoms with Gasteiger partial charge in [0.15, 0.2) is 17.2 Å². The summed E-state index contributed by atoms with van der Waals surface area (Å²) in [6, 6.07) is 6.91. The van der Waals surface area contributed by atoms with Crippen molar-refractivity contribution in [3.8, 4) is 11.1 Å². The maximum absolute atomic E-state index is 14.1. The van der Waals surface area contributed by atoms with Gasteiger partial charge in [-0.1, -0.05) is 0 Å². The van der Waals surface area contributed by atoms with E-state index in [4.69, 9.17) is 4.74 Å². The Labute approximate surface area is 188 Å². The number of ether oxygens (including phenoxy) is 1. The van der Waals surface area contributed by atoms with E-state index in [0.29, 0.717) is 34.8 Å². The van der Waals surface area contributed by atoms with Gasteiger partial charge < -0.3 is 9.64 Å². The molecule has 1 aliphatic rings. The fourth-order valence-corrected chi connectivity index (χ4v) is 4.23. The average Bonchev–Trinajstić information content (AvgIpc) is 3.43. The molecule has 4 aromatic rings. The Hall–Kier alpha value is -3.82. The minimum Gasteiger partial charge on any atom is -0.461 e. The Morgan fingerprint density at radius 3 is 2.82 bits per heavy atom. The normalized spacial score (nSPS) is 13.5. The van der Waals surface area contributed by atoms with E-state index in [1.807, 2.05) is 11.0 Å². The lowest BCUT2D eigenvalue weighted by Crippen LogP contribution is -2.26. The fraction of sp³-hybridized carbons (Fsp3) is 0.304. The smallest absolute Gasteiger partial charge is 0.358 e. The average molecular weight is 452 g/mol. The standard InChI is InChI=1S/C23H22F2N6O2/c1-3-33-23(32)19-12-26-20-6-7-21(28-31(19)20)30-8-4-5-14-9-16(15-11-27-29(2)13-15)17(22(24)25)10-18(14)30/h6-7,9-13,22H,3-5,8H2,1-2H3. The first-order valence-corrected chi connectivity index (χ1v) is 10.7. The number of halogens is 2. The molecule has 0 amide bonds. The second kappa shape index (κ2) is 8.27. The zero-order valence-electron chi connectivity index (χ0n) is 18.2. The predicted octanol–water partition coefficient (Wildman–Crippen LogP) is 4.33. The highest BCUT2D eigenvalue weighted by Crippen LogP contribution is 2.40. The number of esters is 1. The molecule has 33 heavy (non-hydrogen) atoms. The first-order valence-electron chi connectivity index (χ1n) is 10.7. The molecule has 0 radical (unpaired) electrons. The van der Waals surface area contributed by atoms with Crippen LogP contribution in [0.3, 0.4) is 0 Å². The van der Waals surface area contributed by atoms with Gasteiger partial charge in [-0.2, -0.15) is 5.10 Å². The van der Waals surface area contributed by atoms with Crippen molar-refractivity contribution in [3.63, 3.8) is 0 Å². The summed E-state index contributed by atoms with van der Waals surface area (Å²) in [6.07, 6.45) is 3.71. The first-order chi connectivity index (χ1) is 16.0. The summed E-state index contributed by atoms with van der Waals surface area (Å²) < 4.78 is 36.3. The third-order valence-corrected chi connectivity index (χ3v) is 5.73. The molecule has 0 unspecified atom stereocenters. The van der Waals surface area contributed by atoms with Crippen LogP contribution in [0, 0.1) is 0 Å². The summed E-state index contributed by atoms with van der Waals surface area (Å²) in [6.45, 7) is 2.58. The van der Waals surface area contributed by atoms with Crippen LogP contribution < -0.4 is 4.90 Å². The minimum absolute atomic E-state index is 0.0513. The van der Waals surface area contributed by atoms with Crippen LogP contribution in [0.1, 0.15) is 41.4 Å². The number of carbonyl (C=O) groups excluding carboxylic acids is 1. The molecule has 1 aliphatic heterocycles. The highest BCUT2D eigenvalue weighted by Gasteiger charge is 2.26. The summed E-state index contributed by atoms with van der Waals surface area (Å²) in [7, 11) is 1.76. The number of hydrogen-bond acceptors (Lipinski definition) is 6. The monoisotopic (exact) mass is 452 g/mol.